The quantitative estimate of drug-likeness (QED) is 0.424. The van der Waals surface area contributed by atoms with E-state index < -0.39 is 0 Å². The standard InChI is InChI=1S/C25H21FN2O4/c1-30-20-12-8-18(9-13-20)24-14-23(28-32-24)25(29)27-15-17-6-10-21(11-7-17)31-16-19-4-2-3-5-22(19)26/h2-14H,15-16H2,1H3,(H,27,29). The molecule has 0 atom stereocenters. The molecular weight excluding hydrogens is 411 g/mol. The molecule has 32 heavy (non-hydrogen) atoms. The van der Waals surface area contributed by atoms with Gasteiger partial charge in [0.15, 0.2) is 11.5 Å². The fourth-order valence-corrected chi connectivity index (χ4v) is 3.03. The highest BCUT2D eigenvalue weighted by atomic mass is 19.1. The minimum Gasteiger partial charge on any atom is -0.497 e. The third-order valence-electron chi connectivity index (χ3n) is 4.85. The summed E-state index contributed by atoms with van der Waals surface area (Å²) in [6.45, 7) is 0.461. The molecule has 4 rings (SSSR count). The van der Waals surface area contributed by atoms with E-state index in [0.29, 0.717) is 23.6 Å². The van der Waals surface area contributed by atoms with Gasteiger partial charge < -0.3 is 19.3 Å². The summed E-state index contributed by atoms with van der Waals surface area (Å²) in [4.78, 5) is 12.4. The lowest BCUT2D eigenvalue weighted by molar-refractivity contribution is 0.0942. The summed E-state index contributed by atoms with van der Waals surface area (Å²) in [5.74, 6) is 1.20. The fourth-order valence-electron chi connectivity index (χ4n) is 3.03. The van der Waals surface area contributed by atoms with Crippen LogP contribution in [0.3, 0.4) is 0 Å². The van der Waals surface area contributed by atoms with E-state index in [2.05, 4.69) is 10.5 Å². The molecule has 1 N–H and O–H groups in total. The van der Waals surface area contributed by atoms with E-state index in [1.807, 2.05) is 24.3 Å². The zero-order chi connectivity index (χ0) is 22.3. The van der Waals surface area contributed by atoms with Gasteiger partial charge in [-0.25, -0.2) is 4.39 Å². The number of rotatable bonds is 8. The van der Waals surface area contributed by atoms with Crippen molar-refractivity contribution in [1.29, 1.82) is 0 Å². The Morgan fingerprint density at radius 2 is 1.72 bits per heavy atom. The maximum Gasteiger partial charge on any atom is 0.273 e. The molecule has 0 aliphatic carbocycles. The summed E-state index contributed by atoms with van der Waals surface area (Å²) in [5, 5.41) is 6.66. The van der Waals surface area contributed by atoms with Crippen molar-refractivity contribution in [3.8, 4) is 22.8 Å². The molecule has 0 aliphatic rings. The third kappa shape index (κ3) is 5.13. The lowest BCUT2D eigenvalue weighted by Gasteiger charge is -2.08. The van der Waals surface area contributed by atoms with Crippen LogP contribution in [0.2, 0.25) is 0 Å². The predicted octanol–water partition coefficient (Wildman–Crippen LogP) is 5.00. The number of amides is 1. The van der Waals surface area contributed by atoms with Crippen LogP contribution in [0, 0.1) is 5.82 Å². The van der Waals surface area contributed by atoms with Crippen molar-refractivity contribution < 1.29 is 23.2 Å². The number of nitrogens with zero attached hydrogens (tertiary/aromatic N) is 1. The molecule has 0 saturated heterocycles. The van der Waals surface area contributed by atoms with Crippen LogP contribution >= 0.6 is 0 Å². The van der Waals surface area contributed by atoms with Crippen LogP contribution in [0.5, 0.6) is 11.5 Å². The number of carbonyl (C=O) groups excluding carboxylic acids is 1. The molecule has 1 amide bonds. The third-order valence-corrected chi connectivity index (χ3v) is 4.85. The van der Waals surface area contributed by atoms with Crippen LogP contribution in [-0.4, -0.2) is 18.2 Å². The Hall–Kier alpha value is -4.13. The number of methoxy groups -OCH3 is 1. The summed E-state index contributed by atoms with van der Waals surface area (Å²) >= 11 is 0. The van der Waals surface area contributed by atoms with Gasteiger partial charge in [0.1, 0.15) is 23.9 Å². The largest absolute Gasteiger partial charge is 0.497 e. The Morgan fingerprint density at radius 3 is 2.44 bits per heavy atom. The fraction of sp³-hybridized carbons (Fsp3) is 0.120. The van der Waals surface area contributed by atoms with Gasteiger partial charge in [0.25, 0.3) is 5.91 Å². The second-order valence-electron chi connectivity index (χ2n) is 7.01. The maximum atomic E-state index is 13.7. The first-order valence-corrected chi connectivity index (χ1v) is 9.97. The smallest absolute Gasteiger partial charge is 0.273 e. The highest BCUT2D eigenvalue weighted by molar-refractivity contribution is 5.93. The number of carbonyl (C=O) groups is 1. The zero-order valence-corrected chi connectivity index (χ0v) is 17.4. The number of halogens is 1. The highest BCUT2D eigenvalue weighted by Gasteiger charge is 2.13. The molecule has 1 heterocycles. The van der Waals surface area contributed by atoms with Crippen molar-refractivity contribution in [1.82, 2.24) is 10.5 Å². The number of benzene rings is 3. The summed E-state index contributed by atoms with van der Waals surface area (Å²) < 4.78 is 29.7. The van der Waals surface area contributed by atoms with Gasteiger partial charge in [-0.2, -0.15) is 0 Å². The van der Waals surface area contributed by atoms with Crippen LogP contribution in [0.4, 0.5) is 4.39 Å². The summed E-state index contributed by atoms with van der Waals surface area (Å²) in [7, 11) is 1.60. The summed E-state index contributed by atoms with van der Waals surface area (Å²) in [5.41, 5.74) is 2.37. The number of aromatic nitrogens is 1. The SMILES string of the molecule is COc1ccc(-c2cc(C(=O)NCc3ccc(OCc4ccccc4F)cc3)no2)cc1. The Bertz CT molecular complexity index is 1190. The molecule has 1 aromatic heterocycles. The van der Waals surface area contributed by atoms with Crippen molar-refractivity contribution in [2.45, 2.75) is 13.2 Å². The van der Waals surface area contributed by atoms with Crippen LogP contribution < -0.4 is 14.8 Å². The van der Waals surface area contributed by atoms with Crippen molar-refractivity contribution >= 4 is 5.91 Å². The lowest BCUT2D eigenvalue weighted by Crippen LogP contribution is -2.22. The van der Waals surface area contributed by atoms with Crippen LogP contribution in [0.15, 0.2) is 83.4 Å². The maximum absolute atomic E-state index is 13.7. The first-order chi connectivity index (χ1) is 15.6. The number of hydrogen-bond donors (Lipinski definition) is 1. The van der Waals surface area contributed by atoms with Gasteiger partial charge in [0, 0.05) is 23.7 Å². The van der Waals surface area contributed by atoms with E-state index in [0.717, 1.165) is 16.9 Å². The first-order valence-electron chi connectivity index (χ1n) is 9.97. The molecule has 0 fully saturated rings. The average Bonchev–Trinajstić information content (AvgIpc) is 3.33. The van der Waals surface area contributed by atoms with Gasteiger partial charge >= 0.3 is 0 Å². The van der Waals surface area contributed by atoms with E-state index in [-0.39, 0.29) is 24.0 Å². The molecule has 0 unspecified atom stereocenters. The molecule has 0 saturated carbocycles. The van der Waals surface area contributed by atoms with Gasteiger partial charge in [-0.1, -0.05) is 35.5 Å². The van der Waals surface area contributed by atoms with Gasteiger partial charge in [0.2, 0.25) is 0 Å². The monoisotopic (exact) mass is 432 g/mol. The Kier molecular flexibility index (Phi) is 6.46. The summed E-state index contributed by atoms with van der Waals surface area (Å²) in [6, 6.07) is 22.6. The topological polar surface area (TPSA) is 73.6 Å². The number of nitrogens with one attached hydrogen (secondary N) is 1. The second kappa shape index (κ2) is 9.78. The highest BCUT2D eigenvalue weighted by Crippen LogP contribution is 2.23. The van der Waals surface area contributed by atoms with Crippen molar-refractivity contribution in [2.24, 2.45) is 0 Å². The van der Waals surface area contributed by atoms with Crippen LogP contribution in [0.1, 0.15) is 21.6 Å². The molecule has 0 spiro atoms. The molecule has 0 radical (unpaired) electrons. The van der Waals surface area contributed by atoms with Crippen LogP contribution in [0.25, 0.3) is 11.3 Å². The van der Waals surface area contributed by atoms with Crippen LogP contribution in [-0.2, 0) is 13.2 Å². The Labute approximate surface area is 184 Å². The van der Waals surface area contributed by atoms with Gasteiger partial charge in [-0.05, 0) is 48.0 Å². The normalized spacial score (nSPS) is 10.6. The van der Waals surface area contributed by atoms with E-state index >= 15 is 0 Å². The predicted molar refractivity (Wildman–Crippen MR) is 117 cm³/mol. The Morgan fingerprint density at radius 1 is 1.00 bits per heavy atom. The zero-order valence-electron chi connectivity index (χ0n) is 17.4. The summed E-state index contributed by atoms with van der Waals surface area (Å²) in [6.07, 6.45) is 0. The lowest BCUT2D eigenvalue weighted by atomic mass is 10.1. The molecule has 4 aromatic rings. The number of hydrogen-bond acceptors (Lipinski definition) is 5. The van der Waals surface area contributed by atoms with Gasteiger partial charge in [0.05, 0.1) is 7.11 Å². The second-order valence-corrected chi connectivity index (χ2v) is 7.01. The molecule has 0 aliphatic heterocycles. The molecule has 6 nitrogen and oxygen atoms in total. The molecule has 0 bridgehead atoms. The average molecular weight is 432 g/mol. The first kappa shape index (κ1) is 21.1. The molecular formula is C25H21FN2O4. The van der Waals surface area contributed by atoms with Gasteiger partial charge in [-0.3, -0.25) is 4.79 Å². The van der Waals surface area contributed by atoms with E-state index in [1.165, 1.54) is 6.07 Å². The molecule has 162 valence electrons. The van der Waals surface area contributed by atoms with E-state index in [9.17, 15) is 9.18 Å². The number of ether oxygens (including phenoxy) is 2. The molecule has 7 heteroatoms. The minimum atomic E-state index is -0.339. The van der Waals surface area contributed by atoms with E-state index in [1.54, 1.807) is 55.6 Å². The van der Waals surface area contributed by atoms with Crippen molar-refractivity contribution in [3.63, 3.8) is 0 Å². The van der Waals surface area contributed by atoms with Crippen molar-refractivity contribution in [2.75, 3.05) is 7.11 Å². The molecule has 3 aromatic carbocycles. The van der Waals surface area contributed by atoms with Crippen molar-refractivity contribution in [3.05, 3.63) is 102 Å². The van der Waals surface area contributed by atoms with E-state index in [4.69, 9.17) is 14.0 Å². The van der Waals surface area contributed by atoms with Gasteiger partial charge in [-0.15, -0.1) is 0 Å². The Balaban J connectivity index is 1.30. The minimum absolute atomic E-state index is 0.144.